The van der Waals surface area contributed by atoms with Gasteiger partial charge in [0.25, 0.3) is 5.91 Å². The Morgan fingerprint density at radius 3 is 2.62 bits per heavy atom. The topological polar surface area (TPSA) is 32.3 Å². The number of carbonyl (C=O) groups is 1. The van der Waals surface area contributed by atoms with Crippen molar-refractivity contribution in [3.8, 4) is 0 Å². The Balaban J connectivity index is 2.26. The number of rotatable bonds is 3. The van der Waals surface area contributed by atoms with Gasteiger partial charge in [0.1, 0.15) is 5.82 Å². The van der Waals surface area contributed by atoms with E-state index >= 15 is 0 Å². The minimum atomic E-state index is -0.347. The van der Waals surface area contributed by atoms with E-state index < -0.39 is 0 Å². The van der Waals surface area contributed by atoms with Crippen molar-refractivity contribution < 1.29 is 9.18 Å². The quantitative estimate of drug-likeness (QED) is 0.898. The van der Waals surface area contributed by atoms with Crippen molar-refractivity contribution in [3.63, 3.8) is 0 Å². The zero-order valence-corrected chi connectivity index (χ0v) is 13.7. The lowest BCUT2D eigenvalue weighted by molar-refractivity contribution is 0.102. The van der Waals surface area contributed by atoms with Crippen LogP contribution in [-0.2, 0) is 0 Å². The minimum Gasteiger partial charge on any atom is -0.378 e. The zero-order chi connectivity index (χ0) is 15.6. The average molecular weight is 351 g/mol. The van der Waals surface area contributed by atoms with Crippen LogP contribution >= 0.6 is 15.9 Å². The van der Waals surface area contributed by atoms with E-state index in [2.05, 4.69) is 21.2 Å². The lowest BCUT2D eigenvalue weighted by atomic mass is 10.1. The number of carbonyl (C=O) groups excluding carboxylic acids is 1. The summed E-state index contributed by atoms with van der Waals surface area (Å²) in [6.45, 7) is 1.75. The maximum Gasteiger partial charge on any atom is 0.255 e. The van der Waals surface area contributed by atoms with Gasteiger partial charge in [-0.05, 0) is 58.7 Å². The monoisotopic (exact) mass is 350 g/mol. The molecule has 0 radical (unpaired) electrons. The average Bonchev–Trinajstić information content (AvgIpc) is 2.44. The van der Waals surface area contributed by atoms with Crippen LogP contribution in [0.1, 0.15) is 15.9 Å². The van der Waals surface area contributed by atoms with Crippen molar-refractivity contribution in [2.45, 2.75) is 6.92 Å². The first-order chi connectivity index (χ1) is 9.88. The fraction of sp³-hybridized carbons (Fsp3) is 0.188. The first kappa shape index (κ1) is 15.5. The molecule has 2 rings (SSSR count). The highest BCUT2D eigenvalue weighted by atomic mass is 79.9. The molecule has 0 heterocycles. The molecule has 110 valence electrons. The SMILES string of the molecule is Cc1cc(F)c(Br)cc1NC(=O)c1cccc(N(C)C)c1. The van der Waals surface area contributed by atoms with Crippen molar-refractivity contribution in [2.75, 3.05) is 24.3 Å². The van der Waals surface area contributed by atoms with Gasteiger partial charge < -0.3 is 10.2 Å². The first-order valence-corrected chi connectivity index (χ1v) is 7.22. The molecule has 2 aromatic carbocycles. The molecule has 0 fully saturated rings. The third-order valence-corrected chi connectivity index (χ3v) is 3.75. The smallest absolute Gasteiger partial charge is 0.255 e. The molecule has 0 aromatic heterocycles. The second-order valence-electron chi connectivity index (χ2n) is 4.98. The van der Waals surface area contributed by atoms with Crippen LogP contribution in [0.3, 0.4) is 0 Å². The summed E-state index contributed by atoms with van der Waals surface area (Å²) in [5, 5.41) is 2.81. The molecule has 5 heteroatoms. The standard InChI is InChI=1S/C16H16BrFN2O/c1-10-7-14(18)13(17)9-15(10)19-16(21)11-5-4-6-12(8-11)20(2)3/h4-9H,1-3H3,(H,19,21). The molecule has 0 saturated heterocycles. The molecule has 0 atom stereocenters. The van der Waals surface area contributed by atoms with Gasteiger partial charge in [0.05, 0.1) is 4.47 Å². The number of anilines is 2. The second-order valence-corrected chi connectivity index (χ2v) is 5.83. The van der Waals surface area contributed by atoms with Crippen LogP contribution in [0.15, 0.2) is 40.9 Å². The third kappa shape index (κ3) is 3.61. The fourth-order valence-electron chi connectivity index (χ4n) is 1.90. The van der Waals surface area contributed by atoms with Crippen LogP contribution in [-0.4, -0.2) is 20.0 Å². The van der Waals surface area contributed by atoms with E-state index in [1.807, 2.05) is 37.2 Å². The van der Waals surface area contributed by atoms with Crippen molar-refractivity contribution in [1.82, 2.24) is 0 Å². The van der Waals surface area contributed by atoms with Crippen molar-refractivity contribution >= 4 is 33.2 Å². The summed E-state index contributed by atoms with van der Waals surface area (Å²) in [5.41, 5.74) is 2.76. The van der Waals surface area contributed by atoms with E-state index in [1.165, 1.54) is 6.07 Å². The maximum absolute atomic E-state index is 13.4. The molecule has 2 aromatic rings. The Hall–Kier alpha value is -1.88. The predicted octanol–water partition coefficient (Wildman–Crippen LogP) is 4.21. The number of nitrogens with zero attached hydrogens (tertiary/aromatic N) is 1. The summed E-state index contributed by atoms with van der Waals surface area (Å²) >= 11 is 3.12. The number of halogens is 2. The summed E-state index contributed by atoms with van der Waals surface area (Å²) in [6, 6.07) is 10.3. The number of nitrogens with one attached hydrogen (secondary N) is 1. The molecular weight excluding hydrogens is 335 g/mol. The second kappa shape index (κ2) is 6.26. The number of aryl methyl sites for hydroxylation is 1. The summed E-state index contributed by atoms with van der Waals surface area (Å²) < 4.78 is 13.7. The molecule has 1 amide bonds. The number of amides is 1. The van der Waals surface area contributed by atoms with Gasteiger partial charge in [-0.15, -0.1) is 0 Å². The van der Waals surface area contributed by atoms with Crippen LogP contribution in [0, 0.1) is 12.7 Å². The predicted molar refractivity (Wildman–Crippen MR) is 87.6 cm³/mol. The van der Waals surface area contributed by atoms with Crippen LogP contribution in [0.25, 0.3) is 0 Å². The zero-order valence-electron chi connectivity index (χ0n) is 12.1. The lowest BCUT2D eigenvalue weighted by Crippen LogP contribution is -2.15. The Bertz CT molecular complexity index is 686. The molecule has 0 aliphatic rings. The molecule has 0 bridgehead atoms. The van der Waals surface area contributed by atoms with E-state index in [4.69, 9.17) is 0 Å². The molecule has 0 saturated carbocycles. The van der Waals surface area contributed by atoms with Gasteiger partial charge in [-0.25, -0.2) is 4.39 Å². The van der Waals surface area contributed by atoms with E-state index in [-0.39, 0.29) is 11.7 Å². The maximum atomic E-state index is 13.4. The molecular formula is C16H16BrFN2O. The van der Waals surface area contributed by atoms with Crippen LogP contribution in [0.2, 0.25) is 0 Å². The van der Waals surface area contributed by atoms with E-state index in [9.17, 15) is 9.18 Å². The van der Waals surface area contributed by atoms with Crippen molar-refractivity contribution in [1.29, 1.82) is 0 Å². The minimum absolute atomic E-state index is 0.222. The molecule has 0 spiro atoms. The highest BCUT2D eigenvalue weighted by molar-refractivity contribution is 9.10. The molecule has 0 unspecified atom stereocenters. The molecule has 21 heavy (non-hydrogen) atoms. The molecule has 3 nitrogen and oxygen atoms in total. The van der Waals surface area contributed by atoms with Crippen molar-refractivity contribution in [3.05, 3.63) is 57.8 Å². The van der Waals surface area contributed by atoms with Gasteiger partial charge in [-0.2, -0.15) is 0 Å². The Kier molecular flexibility index (Phi) is 4.63. The summed E-state index contributed by atoms with van der Waals surface area (Å²) in [4.78, 5) is 14.2. The Labute approximate surface area is 131 Å². The fourth-order valence-corrected chi connectivity index (χ4v) is 2.24. The van der Waals surface area contributed by atoms with Crippen LogP contribution in [0.5, 0.6) is 0 Å². The Morgan fingerprint density at radius 1 is 1.24 bits per heavy atom. The highest BCUT2D eigenvalue weighted by Gasteiger charge is 2.11. The number of benzene rings is 2. The molecule has 1 N–H and O–H groups in total. The first-order valence-electron chi connectivity index (χ1n) is 6.43. The van der Waals surface area contributed by atoms with Gasteiger partial charge in [0.15, 0.2) is 0 Å². The number of hydrogen-bond donors (Lipinski definition) is 1. The van der Waals surface area contributed by atoms with E-state index in [0.717, 1.165) is 5.69 Å². The van der Waals surface area contributed by atoms with E-state index in [0.29, 0.717) is 21.3 Å². The summed E-state index contributed by atoms with van der Waals surface area (Å²) in [6.07, 6.45) is 0. The Morgan fingerprint density at radius 2 is 1.95 bits per heavy atom. The van der Waals surface area contributed by atoms with Gasteiger partial charge in [0, 0.05) is 31.0 Å². The summed E-state index contributed by atoms with van der Waals surface area (Å²) in [5.74, 6) is -0.569. The molecule has 0 aliphatic carbocycles. The van der Waals surface area contributed by atoms with Gasteiger partial charge in [-0.1, -0.05) is 6.07 Å². The van der Waals surface area contributed by atoms with E-state index in [1.54, 1.807) is 19.1 Å². The molecule has 0 aliphatic heterocycles. The normalized spacial score (nSPS) is 10.3. The summed E-state index contributed by atoms with van der Waals surface area (Å²) in [7, 11) is 3.83. The third-order valence-electron chi connectivity index (χ3n) is 3.14. The van der Waals surface area contributed by atoms with Gasteiger partial charge in [-0.3, -0.25) is 4.79 Å². The van der Waals surface area contributed by atoms with Gasteiger partial charge in [0.2, 0.25) is 0 Å². The highest BCUT2D eigenvalue weighted by Crippen LogP contribution is 2.25. The van der Waals surface area contributed by atoms with Gasteiger partial charge >= 0.3 is 0 Å². The van der Waals surface area contributed by atoms with Crippen molar-refractivity contribution in [2.24, 2.45) is 0 Å². The van der Waals surface area contributed by atoms with Crippen LogP contribution in [0.4, 0.5) is 15.8 Å². The lowest BCUT2D eigenvalue weighted by Gasteiger charge is -2.14. The number of hydrogen-bond acceptors (Lipinski definition) is 2. The largest absolute Gasteiger partial charge is 0.378 e. The van der Waals surface area contributed by atoms with Crippen LogP contribution < -0.4 is 10.2 Å².